The first kappa shape index (κ1) is 56.4. The van der Waals surface area contributed by atoms with E-state index in [1.54, 1.807) is 0 Å². The summed E-state index contributed by atoms with van der Waals surface area (Å²) in [4.78, 5) is 74.5. The van der Waals surface area contributed by atoms with Crippen LogP contribution in [-0.2, 0) is 37.3 Å². The number of ether oxygens (including phenoxy) is 1. The molecule has 14 heteroatoms. The van der Waals surface area contributed by atoms with Crippen LogP contribution in [0.15, 0.2) is 133 Å². The van der Waals surface area contributed by atoms with Crippen LogP contribution >= 0.6 is 0 Å². The first-order valence-electron chi connectivity index (χ1n) is 27.5. The van der Waals surface area contributed by atoms with Crippen molar-refractivity contribution in [2.24, 2.45) is 16.2 Å². The summed E-state index contributed by atoms with van der Waals surface area (Å²) in [5, 5.41) is 13.5. The number of fused-ring (bicyclic) bond motifs is 8. The van der Waals surface area contributed by atoms with E-state index in [1.807, 2.05) is 220 Å². The molecule has 3 aliphatic heterocycles. The van der Waals surface area contributed by atoms with Gasteiger partial charge in [0.25, 0.3) is 0 Å². The second kappa shape index (κ2) is 23.0. The fourth-order valence-electron chi connectivity index (χ4n) is 9.92. The number of rotatable bonds is 12. The fourth-order valence-corrected chi connectivity index (χ4v) is 10.4. The molecule has 13 nitrogen and oxygen atoms in total. The van der Waals surface area contributed by atoms with E-state index >= 15 is 0 Å². The van der Waals surface area contributed by atoms with Crippen molar-refractivity contribution in [1.82, 2.24) is 19.9 Å². The molecule has 3 aliphatic rings. The third-order valence-corrected chi connectivity index (χ3v) is 15.0. The molecule has 5 aromatic carbocycles. The molecule has 0 saturated carbocycles. The number of amides is 4. The number of carbonyl (C=O) groups is 4. The van der Waals surface area contributed by atoms with E-state index in [9.17, 15) is 19.2 Å². The van der Waals surface area contributed by atoms with Crippen LogP contribution in [0.5, 0.6) is 5.75 Å². The standard InChI is InChI=1S/C68H67N8O5Se/c1-66(2,3)63(78)74-46-26-16-12-22-42(46)60-51-32-30-49(69-51)59(41-21-11-15-25-45(41)73-58(77)38-81-57-29-19-10-20-40(57)39-82)50-31-33-52(70-50)61(43-23-13-17-27-47(43)75-64(79)67(4,5)6)54-35-37-56(72-54)62(55-36-34-53(60)71-55)44-24-14-18-28-48(44)76-65(80)68(7,8)9/h10-30,32,34-37,70-71H,31,33,38-39H2,1-9H3,(H,73,77)(H,74,78)(H,75,79)(H,76,80). The number of carbonyl (C=O) groups excluding carboxylic acids is 4. The number of aromatic nitrogens is 4. The molecular formula is C68H67N8O5Se. The Bertz CT molecular complexity index is 3980. The first-order valence-corrected chi connectivity index (χ1v) is 28.7. The van der Waals surface area contributed by atoms with Gasteiger partial charge < -0.3 is 20.9 Å². The van der Waals surface area contributed by atoms with E-state index in [-0.39, 0.29) is 30.2 Å². The number of anilines is 4. The Morgan fingerprint density at radius 1 is 0.451 bits per heavy atom. The second-order valence-corrected chi connectivity index (χ2v) is 24.3. The molecule has 0 fully saturated rings. The molecule has 8 bridgehead atoms. The van der Waals surface area contributed by atoms with Crippen LogP contribution in [-0.4, -0.2) is 66.2 Å². The van der Waals surface area contributed by atoms with Crippen LogP contribution in [0.2, 0.25) is 0 Å². The van der Waals surface area contributed by atoms with Gasteiger partial charge >= 0.3 is 159 Å². The predicted octanol–water partition coefficient (Wildman–Crippen LogP) is 14.5. The Morgan fingerprint density at radius 3 is 1.18 bits per heavy atom. The van der Waals surface area contributed by atoms with Crippen LogP contribution in [0.1, 0.15) is 102 Å². The fraction of sp³-hybridized carbons (Fsp3) is 0.235. The minimum absolute atomic E-state index is 0.144. The minimum atomic E-state index is -0.701. The van der Waals surface area contributed by atoms with Gasteiger partial charge in [0, 0.05) is 83.4 Å². The number of para-hydroxylation sites is 5. The molecule has 7 aromatic rings. The molecule has 1 radical (unpaired) electrons. The van der Waals surface area contributed by atoms with Crippen LogP contribution in [0.3, 0.4) is 0 Å². The van der Waals surface area contributed by atoms with Crippen molar-refractivity contribution in [3.8, 4) is 50.3 Å². The van der Waals surface area contributed by atoms with E-state index < -0.39 is 16.2 Å². The van der Waals surface area contributed by atoms with Crippen LogP contribution in [0.4, 0.5) is 22.7 Å². The van der Waals surface area contributed by atoms with Gasteiger partial charge in [-0.3, -0.25) is 14.4 Å². The second-order valence-electron chi connectivity index (χ2n) is 23.7. The smallest absolute Gasteiger partial charge is 0.0335 e. The number of hydrogen-bond acceptors (Lipinski definition) is 7. The molecule has 10 rings (SSSR count). The molecule has 0 aliphatic carbocycles. The topological polar surface area (TPSA) is 183 Å². The van der Waals surface area contributed by atoms with E-state index in [4.69, 9.17) is 14.7 Å². The van der Waals surface area contributed by atoms with Gasteiger partial charge in [0.15, 0.2) is 0 Å². The van der Waals surface area contributed by atoms with E-state index in [1.165, 1.54) is 0 Å². The summed E-state index contributed by atoms with van der Waals surface area (Å²) < 4.78 is 6.10. The summed E-state index contributed by atoms with van der Waals surface area (Å²) in [5.74, 6) is -0.161. The summed E-state index contributed by atoms with van der Waals surface area (Å²) >= 11 is 3.04. The average molecular weight is 1160 g/mol. The Hall–Kier alpha value is -8.84. The van der Waals surface area contributed by atoms with Gasteiger partial charge in [0.2, 0.25) is 17.7 Å². The number of hydrogen-bond donors (Lipinski definition) is 6. The number of nitrogens with zero attached hydrogens (tertiary/aromatic N) is 2. The molecule has 5 heterocycles. The molecule has 2 aromatic heterocycles. The Balaban J connectivity index is 1.31. The number of benzene rings is 5. The van der Waals surface area contributed by atoms with Crippen molar-refractivity contribution in [3.05, 3.63) is 173 Å². The van der Waals surface area contributed by atoms with Gasteiger partial charge in [-0.25, -0.2) is 4.98 Å². The summed E-state index contributed by atoms with van der Waals surface area (Å²) in [6, 6.07) is 42.6. The third kappa shape index (κ3) is 12.0. The Morgan fingerprint density at radius 2 is 0.793 bits per heavy atom. The van der Waals surface area contributed by atoms with Crippen molar-refractivity contribution in [2.45, 2.75) is 80.5 Å². The van der Waals surface area contributed by atoms with E-state index in [0.717, 1.165) is 55.9 Å². The van der Waals surface area contributed by atoms with Gasteiger partial charge in [-0.15, -0.1) is 0 Å². The van der Waals surface area contributed by atoms with Crippen LogP contribution in [0.25, 0.3) is 79.8 Å². The third-order valence-electron chi connectivity index (χ3n) is 14.4. The summed E-state index contributed by atoms with van der Waals surface area (Å²) in [7, 11) is 0. The molecule has 0 saturated heterocycles. The van der Waals surface area contributed by atoms with Crippen molar-refractivity contribution in [1.29, 1.82) is 0 Å². The van der Waals surface area contributed by atoms with Gasteiger partial charge in [-0.05, 0) is 55.0 Å². The zero-order valence-electron chi connectivity index (χ0n) is 47.7. The van der Waals surface area contributed by atoms with Crippen molar-refractivity contribution < 1.29 is 23.9 Å². The number of H-pyrrole nitrogens is 2. The van der Waals surface area contributed by atoms with E-state index in [2.05, 4.69) is 47.2 Å². The minimum Gasteiger partial charge on any atom is -0.0335 e. The number of nitrogens with one attached hydrogen (secondary N) is 6. The molecule has 4 amide bonds. The molecule has 6 N–H and O–H groups in total. The molecule has 415 valence electrons. The predicted molar refractivity (Wildman–Crippen MR) is 334 cm³/mol. The van der Waals surface area contributed by atoms with Gasteiger partial charge in [0.05, 0.1) is 17.1 Å². The number of aromatic amines is 2. The van der Waals surface area contributed by atoms with Crippen LogP contribution < -0.4 is 26.0 Å². The molecule has 0 unspecified atom stereocenters. The summed E-state index contributed by atoms with van der Waals surface area (Å²) in [5.41, 5.74) is 12.7. The van der Waals surface area contributed by atoms with E-state index in [0.29, 0.717) is 86.0 Å². The molecule has 0 atom stereocenters. The van der Waals surface area contributed by atoms with Gasteiger partial charge in [0.1, 0.15) is 0 Å². The maximum absolute atomic E-state index is 14.0. The molecular weight excluding hydrogens is 1090 g/mol. The van der Waals surface area contributed by atoms with Crippen molar-refractivity contribution in [2.75, 3.05) is 27.9 Å². The average Bonchev–Trinajstić information content (AvgIpc) is 4.10. The quantitative estimate of drug-likeness (QED) is 0.0658. The van der Waals surface area contributed by atoms with Gasteiger partial charge in [-0.2, -0.15) is 0 Å². The maximum atomic E-state index is 14.0. The zero-order valence-corrected chi connectivity index (χ0v) is 49.4. The molecule has 0 spiro atoms. The normalized spacial score (nSPS) is 12.6. The van der Waals surface area contributed by atoms with Crippen molar-refractivity contribution >= 4 is 97.7 Å². The van der Waals surface area contributed by atoms with Crippen molar-refractivity contribution in [3.63, 3.8) is 0 Å². The first-order chi connectivity index (χ1) is 39.2. The zero-order chi connectivity index (χ0) is 58.1. The van der Waals surface area contributed by atoms with Crippen LogP contribution in [0, 0.1) is 16.2 Å². The van der Waals surface area contributed by atoms with Gasteiger partial charge in [-0.1, -0.05) is 117 Å². The number of aryl methyl sites for hydroxylation is 2. The molecule has 82 heavy (non-hydrogen) atoms. The monoisotopic (exact) mass is 1160 g/mol. The SMILES string of the molecule is CC(C)(C)C(=O)Nc1ccccc1-c1c2nc(c(-c3ccccc3NC(=O)C(C)(C)C)c3ccc([nH]3)c(-c3ccccc3NC(=O)C(C)(C)C)c3nc(c(-c4ccccc4NC(=O)COc4ccccc4C[Se])c4[nH]c1CC4)C=C3)C=C2. The summed E-state index contributed by atoms with van der Waals surface area (Å²) in [6.45, 7) is 16.7. The Kier molecular flexibility index (Phi) is 15.8. The summed E-state index contributed by atoms with van der Waals surface area (Å²) in [6.07, 6.45) is 9.05. The Labute approximate surface area is 487 Å².